The Morgan fingerprint density at radius 1 is 0.844 bits per heavy atom. The minimum Gasteiger partial charge on any atom is -0.483 e. The first-order chi connectivity index (χ1) is 15.1. The molecule has 0 atom stereocenters. The Labute approximate surface area is 189 Å². The van der Waals surface area contributed by atoms with Gasteiger partial charge in [-0.3, -0.25) is 9.59 Å². The smallest absolute Gasteiger partial charge is 0.262 e. The highest BCUT2D eigenvalue weighted by Crippen LogP contribution is 2.23. The third-order valence-corrected chi connectivity index (χ3v) is 5.33. The average Bonchev–Trinajstić information content (AvgIpc) is 2.74. The molecule has 0 saturated carbocycles. The Kier molecular flexibility index (Phi) is 6.98. The Morgan fingerprint density at radius 3 is 2.12 bits per heavy atom. The highest BCUT2D eigenvalue weighted by molar-refractivity contribution is 6.04. The maximum Gasteiger partial charge on any atom is 0.262 e. The van der Waals surface area contributed by atoms with Gasteiger partial charge in [-0.05, 0) is 72.4 Å². The standard InChI is InChI=1S/C27H30N2O3/c1-18-8-6-11-24(19(18)2)32-17-25(30)28-22-9-7-10-23(16-22)29-26(31)20-12-14-21(15-13-20)27(3,4)5/h6-16H,17H2,1-5H3,(H,28,30)(H,29,31). The lowest BCUT2D eigenvalue weighted by Crippen LogP contribution is -2.20. The molecule has 3 aromatic carbocycles. The van der Waals surface area contributed by atoms with Crippen molar-refractivity contribution in [2.24, 2.45) is 0 Å². The first kappa shape index (κ1) is 23.1. The number of aryl methyl sites for hydroxylation is 1. The van der Waals surface area contributed by atoms with Gasteiger partial charge in [0, 0.05) is 16.9 Å². The van der Waals surface area contributed by atoms with Crippen molar-refractivity contribution in [3.05, 3.63) is 89.0 Å². The molecular formula is C27H30N2O3. The second kappa shape index (κ2) is 9.69. The Balaban J connectivity index is 1.59. The molecule has 0 spiro atoms. The maximum absolute atomic E-state index is 12.6. The van der Waals surface area contributed by atoms with Gasteiger partial charge < -0.3 is 15.4 Å². The second-order valence-electron chi connectivity index (χ2n) is 8.90. The number of anilines is 2. The van der Waals surface area contributed by atoms with Crippen molar-refractivity contribution < 1.29 is 14.3 Å². The van der Waals surface area contributed by atoms with Crippen molar-refractivity contribution in [3.8, 4) is 5.75 Å². The average molecular weight is 431 g/mol. The predicted octanol–water partition coefficient (Wildman–Crippen LogP) is 5.87. The summed E-state index contributed by atoms with van der Waals surface area (Å²) in [7, 11) is 0. The van der Waals surface area contributed by atoms with Crippen LogP contribution >= 0.6 is 0 Å². The molecule has 3 aromatic rings. The van der Waals surface area contributed by atoms with Gasteiger partial charge >= 0.3 is 0 Å². The van der Waals surface area contributed by atoms with E-state index in [4.69, 9.17) is 4.74 Å². The molecule has 0 aliphatic rings. The van der Waals surface area contributed by atoms with Gasteiger partial charge in [0.15, 0.2) is 6.61 Å². The van der Waals surface area contributed by atoms with E-state index in [0.29, 0.717) is 22.7 Å². The number of carbonyl (C=O) groups is 2. The maximum atomic E-state index is 12.6. The molecule has 5 heteroatoms. The van der Waals surface area contributed by atoms with Crippen LogP contribution in [0, 0.1) is 13.8 Å². The fourth-order valence-electron chi connectivity index (χ4n) is 3.22. The molecule has 0 saturated heterocycles. The molecule has 2 N–H and O–H groups in total. The van der Waals surface area contributed by atoms with Gasteiger partial charge in [-0.2, -0.15) is 0 Å². The molecule has 0 unspecified atom stereocenters. The van der Waals surface area contributed by atoms with Crippen LogP contribution in [-0.4, -0.2) is 18.4 Å². The molecule has 0 aromatic heterocycles. The van der Waals surface area contributed by atoms with Gasteiger partial charge in [-0.15, -0.1) is 0 Å². The van der Waals surface area contributed by atoms with Gasteiger partial charge in [0.25, 0.3) is 11.8 Å². The van der Waals surface area contributed by atoms with Crippen LogP contribution in [0.4, 0.5) is 11.4 Å². The lowest BCUT2D eigenvalue weighted by molar-refractivity contribution is -0.118. The van der Waals surface area contributed by atoms with E-state index in [1.807, 2.05) is 56.3 Å². The van der Waals surface area contributed by atoms with E-state index >= 15 is 0 Å². The zero-order chi connectivity index (χ0) is 23.3. The number of hydrogen-bond acceptors (Lipinski definition) is 3. The van der Waals surface area contributed by atoms with E-state index in [1.54, 1.807) is 24.3 Å². The molecule has 0 fully saturated rings. The van der Waals surface area contributed by atoms with Gasteiger partial charge in [-0.25, -0.2) is 0 Å². The van der Waals surface area contributed by atoms with Crippen molar-refractivity contribution in [2.45, 2.75) is 40.0 Å². The molecule has 5 nitrogen and oxygen atoms in total. The topological polar surface area (TPSA) is 67.4 Å². The number of amides is 2. The van der Waals surface area contributed by atoms with Crippen LogP contribution in [0.5, 0.6) is 5.75 Å². The minimum absolute atomic E-state index is 0.0310. The van der Waals surface area contributed by atoms with Crippen LogP contribution < -0.4 is 15.4 Å². The first-order valence-corrected chi connectivity index (χ1v) is 10.6. The van der Waals surface area contributed by atoms with Crippen LogP contribution in [-0.2, 0) is 10.2 Å². The van der Waals surface area contributed by atoms with Crippen molar-refractivity contribution in [1.29, 1.82) is 0 Å². The number of carbonyl (C=O) groups excluding carboxylic acids is 2. The van der Waals surface area contributed by atoms with E-state index in [9.17, 15) is 9.59 Å². The fraction of sp³-hybridized carbons (Fsp3) is 0.259. The van der Waals surface area contributed by atoms with Crippen LogP contribution in [0.15, 0.2) is 66.7 Å². The molecule has 2 amide bonds. The molecular weight excluding hydrogens is 400 g/mol. The van der Waals surface area contributed by atoms with E-state index in [-0.39, 0.29) is 23.8 Å². The Bertz CT molecular complexity index is 1110. The summed E-state index contributed by atoms with van der Waals surface area (Å²) in [5, 5.41) is 5.69. The Hall–Kier alpha value is -3.60. The number of nitrogens with one attached hydrogen (secondary N) is 2. The quantitative estimate of drug-likeness (QED) is 0.514. The molecule has 0 bridgehead atoms. The third-order valence-electron chi connectivity index (χ3n) is 5.33. The monoisotopic (exact) mass is 430 g/mol. The summed E-state index contributed by atoms with van der Waals surface area (Å²) in [6.07, 6.45) is 0. The predicted molar refractivity (Wildman–Crippen MR) is 130 cm³/mol. The van der Waals surface area contributed by atoms with E-state index < -0.39 is 0 Å². The summed E-state index contributed by atoms with van der Waals surface area (Å²) >= 11 is 0. The van der Waals surface area contributed by atoms with Crippen LogP contribution in [0.3, 0.4) is 0 Å². The zero-order valence-electron chi connectivity index (χ0n) is 19.3. The minimum atomic E-state index is -0.271. The van der Waals surface area contributed by atoms with Crippen molar-refractivity contribution in [3.63, 3.8) is 0 Å². The summed E-state index contributed by atoms with van der Waals surface area (Å²) in [6, 6.07) is 20.4. The SMILES string of the molecule is Cc1cccc(OCC(=O)Nc2cccc(NC(=O)c3ccc(C(C)(C)C)cc3)c2)c1C. The number of benzene rings is 3. The lowest BCUT2D eigenvalue weighted by atomic mass is 9.87. The van der Waals surface area contributed by atoms with E-state index in [2.05, 4.69) is 31.4 Å². The number of rotatable bonds is 6. The summed E-state index contributed by atoms with van der Waals surface area (Å²) < 4.78 is 5.66. The molecule has 0 aliphatic heterocycles. The van der Waals surface area contributed by atoms with Gasteiger partial charge in [0.2, 0.25) is 0 Å². The number of hydrogen-bond donors (Lipinski definition) is 2. The highest BCUT2D eigenvalue weighted by atomic mass is 16.5. The van der Waals surface area contributed by atoms with Gasteiger partial charge in [0.05, 0.1) is 0 Å². The molecule has 32 heavy (non-hydrogen) atoms. The van der Waals surface area contributed by atoms with Gasteiger partial charge in [0.1, 0.15) is 5.75 Å². The zero-order valence-corrected chi connectivity index (χ0v) is 19.3. The van der Waals surface area contributed by atoms with E-state index in [1.165, 1.54) is 5.56 Å². The summed E-state index contributed by atoms with van der Waals surface area (Å²) in [5.74, 6) is 0.220. The molecule has 0 radical (unpaired) electrons. The summed E-state index contributed by atoms with van der Waals surface area (Å²) in [5.41, 5.74) is 5.09. The normalized spacial score (nSPS) is 11.0. The van der Waals surface area contributed by atoms with Crippen LogP contribution in [0.2, 0.25) is 0 Å². The van der Waals surface area contributed by atoms with Crippen LogP contribution in [0.25, 0.3) is 0 Å². The third kappa shape index (κ3) is 5.97. The highest BCUT2D eigenvalue weighted by Gasteiger charge is 2.14. The van der Waals surface area contributed by atoms with Crippen molar-refractivity contribution >= 4 is 23.2 Å². The van der Waals surface area contributed by atoms with Crippen LogP contribution in [0.1, 0.15) is 47.8 Å². The molecule has 166 valence electrons. The lowest BCUT2D eigenvalue weighted by Gasteiger charge is -2.19. The largest absolute Gasteiger partial charge is 0.483 e. The molecule has 3 rings (SSSR count). The second-order valence-corrected chi connectivity index (χ2v) is 8.90. The molecule has 0 aliphatic carbocycles. The first-order valence-electron chi connectivity index (χ1n) is 10.6. The van der Waals surface area contributed by atoms with Crippen molar-refractivity contribution in [2.75, 3.05) is 17.2 Å². The Morgan fingerprint density at radius 2 is 1.47 bits per heavy atom. The molecule has 0 heterocycles. The van der Waals surface area contributed by atoms with E-state index in [0.717, 1.165) is 11.1 Å². The van der Waals surface area contributed by atoms with Crippen molar-refractivity contribution in [1.82, 2.24) is 0 Å². The summed E-state index contributed by atoms with van der Waals surface area (Å²) in [6.45, 7) is 10.3. The van der Waals surface area contributed by atoms with Gasteiger partial charge in [-0.1, -0.05) is 51.1 Å². The number of ether oxygens (including phenoxy) is 1. The summed E-state index contributed by atoms with van der Waals surface area (Å²) in [4.78, 5) is 24.9. The fourth-order valence-corrected chi connectivity index (χ4v) is 3.22.